The summed E-state index contributed by atoms with van der Waals surface area (Å²) in [6.07, 6.45) is 1.83. The molecule has 22 heavy (non-hydrogen) atoms. The van der Waals surface area contributed by atoms with E-state index in [0.29, 0.717) is 17.2 Å². The van der Waals surface area contributed by atoms with Gasteiger partial charge in [0.15, 0.2) is 5.69 Å². The van der Waals surface area contributed by atoms with E-state index in [1.165, 1.54) is 0 Å². The predicted molar refractivity (Wildman–Crippen MR) is 82.5 cm³/mol. The Bertz CT molecular complexity index is 684. The second-order valence-corrected chi connectivity index (χ2v) is 4.90. The molecule has 0 aliphatic rings. The minimum Gasteiger partial charge on any atom is -0.497 e. The summed E-state index contributed by atoms with van der Waals surface area (Å²) >= 11 is 0. The van der Waals surface area contributed by atoms with Gasteiger partial charge in [0.25, 0.3) is 0 Å². The van der Waals surface area contributed by atoms with E-state index in [2.05, 4.69) is 30.2 Å². The third-order valence-corrected chi connectivity index (χ3v) is 3.80. The van der Waals surface area contributed by atoms with E-state index in [-0.39, 0.29) is 5.92 Å². The van der Waals surface area contributed by atoms with Gasteiger partial charge in [-0.25, -0.2) is 4.68 Å². The van der Waals surface area contributed by atoms with Gasteiger partial charge < -0.3 is 9.47 Å². The average Bonchev–Trinajstić information content (AvgIpc) is 2.99. The van der Waals surface area contributed by atoms with Crippen LogP contribution in [-0.2, 0) is 0 Å². The number of ether oxygens (including phenoxy) is 2. The minimum atomic E-state index is 0.219. The summed E-state index contributed by atoms with van der Waals surface area (Å²) < 4.78 is 12.4. The highest BCUT2D eigenvalue weighted by atomic mass is 16.5. The van der Waals surface area contributed by atoms with Gasteiger partial charge in [-0.15, -0.1) is 5.10 Å². The summed E-state index contributed by atoms with van der Waals surface area (Å²) in [5.74, 6) is 1.54. The van der Waals surface area contributed by atoms with Crippen molar-refractivity contribution >= 4 is 0 Å². The zero-order valence-electron chi connectivity index (χ0n) is 13.3. The number of nitriles is 1. The molecule has 0 aliphatic heterocycles. The molecule has 6 heteroatoms. The predicted octanol–water partition coefficient (Wildman–Crippen LogP) is 3.06. The molecule has 0 bridgehead atoms. The van der Waals surface area contributed by atoms with E-state index in [1.54, 1.807) is 25.0 Å². The number of methoxy groups -OCH3 is 2. The number of rotatable bonds is 6. The van der Waals surface area contributed by atoms with Gasteiger partial charge in [0.05, 0.1) is 19.9 Å². The van der Waals surface area contributed by atoms with Crippen LogP contribution in [0.25, 0.3) is 5.69 Å². The van der Waals surface area contributed by atoms with Crippen LogP contribution >= 0.6 is 0 Å². The van der Waals surface area contributed by atoms with Crippen molar-refractivity contribution < 1.29 is 9.47 Å². The zero-order valence-corrected chi connectivity index (χ0v) is 13.3. The molecule has 1 aromatic heterocycles. The van der Waals surface area contributed by atoms with E-state index in [9.17, 15) is 5.26 Å². The fourth-order valence-corrected chi connectivity index (χ4v) is 2.55. The van der Waals surface area contributed by atoms with Crippen molar-refractivity contribution in [1.29, 1.82) is 5.26 Å². The van der Waals surface area contributed by atoms with Crippen molar-refractivity contribution in [3.8, 4) is 23.3 Å². The number of benzene rings is 1. The van der Waals surface area contributed by atoms with Crippen molar-refractivity contribution in [2.24, 2.45) is 0 Å². The zero-order chi connectivity index (χ0) is 16.1. The highest BCUT2D eigenvalue weighted by molar-refractivity contribution is 5.52. The van der Waals surface area contributed by atoms with Crippen LogP contribution in [0.2, 0.25) is 0 Å². The van der Waals surface area contributed by atoms with Crippen molar-refractivity contribution in [2.75, 3.05) is 14.2 Å². The van der Waals surface area contributed by atoms with Gasteiger partial charge in [0, 0.05) is 12.0 Å². The topological polar surface area (TPSA) is 73.0 Å². The third kappa shape index (κ3) is 2.75. The number of hydrogen-bond donors (Lipinski definition) is 0. The first kappa shape index (κ1) is 15.8. The normalized spacial score (nSPS) is 10.5. The summed E-state index contributed by atoms with van der Waals surface area (Å²) in [4.78, 5) is 0. The Morgan fingerprint density at radius 3 is 2.50 bits per heavy atom. The van der Waals surface area contributed by atoms with Gasteiger partial charge in [0.1, 0.15) is 23.3 Å². The molecule has 0 unspecified atom stereocenters. The molecule has 0 radical (unpaired) electrons. The molecule has 1 aromatic carbocycles. The lowest BCUT2D eigenvalue weighted by atomic mass is 9.97. The van der Waals surface area contributed by atoms with E-state index in [1.807, 2.05) is 12.1 Å². The third-order valence-electron chi connectivity index (χ3n) is 3.80. The molecule has 0 amide bonds. The lowest BCUT2D eigenvalue weighted by Gasteiger charge is -2.16. The van der Waals surface area contributed by atoms with Crippen LogP contribution in [0.3, 0.4) is 0 Å². The van der Waals surface area contributed by atoms with E-state index in [0.717, 1.165) is 24.2 Å². The Kier molecular flexibility index (Phi) is 4.99. The van der Waals surface area contributed by atoms with Crippen molar-refractivity contribution in [1.82, 2.24) is 15.0 Å². The number of hydrogen-bond acceptors (Lipinski definition) is 5. The maximum Gasteiger partial charge on any atom is 0.186 e. The quantitative estimate of drug-likeness (QED) is 0.819. The smallest absolute Gasteiger partial charge is 0.186 e. The molecule has 2 rings (SSSR count). The highest BCUT2D eigenvalue weighted by Gasteiger charge is 2.23. The molecule has 0 atom stereocenters. The average molecular weight is 300 g/mol. The first-order valence-electron chi connectivity index (χ1n) is 7.28. The molecule has 0 N–H and O–H groups in total. The van der Waals surface area contributed by atoms with E-state index >= 15 is 0 Å². The van der Waals surface area contributed by atoms with Crippen LogP contribution in [0.15, 0.2) is 18.2 Å². The standard InChI is InChI=1S/C16H20N4O2/c1-5-11(6-2)16-13(10-17)18-19-20(16)14-8-7-12(21-3)9-15(14)22-4/h7-9,11H,5-6H2,1-4H3. The molecule has 2 aromatic rings. The fraction of sp³-hybridized carbons (Fsp3) is 0.438. The van der Waals surface area contributed by atoms with Gasteiger partial charge >= 0.3 is 0 Å². The lowest BCUT2D eigenvalue weighted by molar-refractivity contribution is 0.391. The maximum absolute atomic E-state index is 9.31. The molecule has 0 spiro atoms. The Labute approximate surface area is 130 Å². The molecule has 0 saturated carbocycles. The van der Waals surface area contributed by atoms with Crippen LogP contribution < -0.4 is 9.47 Å². The lowest BCUT2D eigenvalue weighted by Crippen LogP contribution is -2.09. The summed E-state index contributed by atoms with van der Waals surface area (Å²) in [5, 5.41) is 17.5. The summed E-state index contributed by atoms with van der Waals surface area (Å²) in [7, 11) is 3.20. The largest absolute Gasteiger partial charge is 0.497 e. The van der Waals surface area contributed by atoms with E-state index in [4.69, 9.17) is 9.47 Å². The van der Waals surface area contributed by atoms with Crippen LogP contribution in [0, 0.1) is 11.3 Å². The van der Waals surface area contributed by atoms with Crippen molar-refractivity contribution in [3.05, 3.63) is 29.6 Å². The summed E-state index contributed by atoms with van der Waals surface area (Å²) in [6, 6.07) is 7.62. The van der Waals surface area contributed by atoms with Gasteiger partial charge in [-0.3, -0.25) is 0 Å². The molecule has 6 nitrogen and oxygen atoms in total. The Morgan fingerprint density at radius 2 is 1.95 bits per heavy atom. The van der Waals surface area contributed by atoms with Gasteiger partial charge in [-0.1, -0.05) is 19.1 Å². The summed E-state index contributed by atoms with van der Waals surface area (Å²) in [5.41, 5.74) is 1.95. The van der Waals surface area contributed by atoms with Crippen LogP contribution in [0.4, 0.5) is 0 Å². The molecule has 0 fully saturated rings. The van der Waals surface area contributed by atoms with E-state index < -0.39 is 0 Å². The molecule has 116 valence electrons. The molecule has 0 aliphatic carbocycles. The monoisotopic (exact) mass is 300 g/mol. The summed E-state index contributed by atoms with van der Waals surface area (Å²) in [6.45, 7) is 4.19. The first-order valence-corrected chi connectivity index (χ1v) is 7.28. The Hall–Kier alpha value is -2.55. The molecule has 0 saturated heterocycles. The first-order chi connectivity index (χ1) is 10.7. The molecular formula is C16H20N4O2. The maximum atomic E-state index is 9.31. The Morgan fingerprint density at radius 1 is 1.23 bits per heavy atom. The van der Waals surface area contributed by atoms with Crippen LogP contribution in [-0.4, -0.2) is 29.2 Å². The SMILES string of the molecule is CCC(CC)c1c(C#N)nnn1-c1ccc(OC)cc1OC. The van der Waals surface area contributed by atoms with Crippen molar-refractivity contribution in [2.45, 2.75) is 32.6 Å². The number of nitrogens with zero attached hydrogens (tertiary/aromatic N) is 4. The second-order valence-electron chi connectivity index (χ2n) is 4.90. The highest BCUT2D eigenvalue weighted by Crippen LogP contribution is 2.32. The van der Waals surface area contributed by atoms with Crippen LogP contribution in [0.5, 0.6) is 11.5 Å². The molecule has 1 heterocycles. The van der Waals surface area contributed by atoms with Crippen LogP contribution in [0.1, 0.15) is 44.0 Å². The second kappa shape index (κ2) is 6.94. The minimum absolute atomic E-state index is 0.219. The van der Waals surface area contributed by atoms with Gasteiger partial charge in [-0.05, 0) is 25.0 Å². The van der Waals surface area contributed by atoms with Gasteiger partial charge in [0.2, 0.25) is 0 Å². The molecular weight excluding hydrogens is 280 g/mol. The fourth-order valence-electron chi connectivity index (χ4n) is 2.55. The van der Waals surface area contributed by atoms with Gasteiger partial charge in [-0.2, -0.15) is 5.26 Å². The number of aromatic nitrogens is 3. The Balaban J connectivity index is 2.63. The van der Waals surface area contributed by atoms with Crippen molar-refractivity contribution in [3.63, 3.8) is 0 Å².